The highest BCUT2D eigenvalue weighted by Gasteiger charge is 2.12. The van der Waals surface area contributed by atoms with Crippen LogP contribution in [-0.4, -0.2) is 31.5 Å². The lowest BCUT2D eigenvalue weighted by atomic mass is 10.2. The minimum Gasteiger partial charge on any atom is -0.440 e. The summed E-state index contributed by atoms with van der Waals surface area (Å²) < 4.78 is 5.51. The number of nitrogens with one attached hydrogen (secondary N) is 1. The molecule has 0 radical (unpaired) electrons. The van der Waals surface area contributed by atoms with E-state index in [0.717, 1.165) is 11.6 Å². The largest absolute Gasteiger partial charge is 0.440 e. The van der Waals surface area contributed by atoms with E-state index in [4.69, 9.17) is 4.42 Å². The molecule has 122 valence electrons. The molecule has 1 N–H and O–H groups in total. The van der Waals surface area contributed by atoms with Gasteiger partial charge in [-0.2, -0.15) is 5.10 Å². The Morgan fingerprint density at radius 1 is 1.30 bits per heavy atom. The van der Waals surface area contributed by atoms with Crippen molar-refractivity contribution in [1.29, 1.82) is 0 Å². The summed E-state index contributed by atoms with van der Waals surface area (Å²) in [5, 5.41) is 3.76. The Morgan fingerprint density at radius 2 is 2.04 bits per heavy atom. The molecule has 5 nitrogen and oxygen atoms in total. The van der Waals surface area contributed by atoms with Crippen molar-refractivity contribution >= 4 is 29.8 Å². The molecule has 0 unspecified atom stereocenters. The third kappa shape index (κ3) is 5.49. The lowest BCUT2D eigenvalue weighted by Crippen LogP contribution is -2.26. The van der Waals surface area contributed by atoms with E-state index in [1.165, 1.54) is 11.8 Å². The first-order valence-electron chi connectivity index (χ1n) is 7.32. The molecule has 0 spiro atoms. The van der Waals surface area contributed by atoms with Gasteiger partial charge in [-0.15, -0.1) is 11.8 Å². The minimum absolute atomic E-state index is 0.124. The Bertz CT molecular complexity index is 653. The number of thioether (sulfide) groups is 1. The van der Waals surface area contributed by atoms with Crippen molar-refractivity contribution < 1.29 is 9.21 Å². The van der Waals surface area contributed by atoms with E-state index in [-0.39, 0.29) is 11.2 Å². The first-order chi connectivity index (χ1) is 11.1. The first-order valence-corrected chi connectivity index (χ1v) is 8.36. The van der Waals surface area contributed by atoms with Gasteiger partial charge >= 0.3 is 0 Å². The average molecular weight is 331 g/mol. The SMILES string of the molecule is C[C@@H](SCc1ccccc1)C(=O)N/N=C\c1ccc(N(C)C)o1. The van der Waals surface area contributed by atoms with E-state index in [2.05, 4.69) is 22.7 Å². The van der Waals surface area contributed by atoms with E-state index in [9.17, 15) is 4.79 Å². The summed E-state index contributed by atoms with van der Waals surface area (Å²) in [5.41, 5.74) is 3.74. The summed E-state index contributed by atoms with van der Waals surface area (Å²) in [7, 11) is 3.79. The number of hydrazone groups is 1. The Morgan fingerprint density at radius 3 is 2.70 bits per heavy atom. The first kappa shape index (κ1) is 17.1. The monoisotopic (exact) mass is 331 g/mol. The van der Waals surface area contributed by atoms with Crippen molar-refractivity contribution in [2.24, 2.45) is 5.10 Å². The summed E-state index contributed by atoms with van der Waals surface area (Å²) in [4.78, 5) is 13.8. The van der Waals surface area contributed by atoms with Crippen molar-refractivity contribution in [3.8, 4) is 0 Å². The molecular weight excluding hydrogens is 310 g/mol. The molecule has 1 aromatic carbocycles. The number of rotatable bonds is 7. The highest BCUT2D eigenvalue weighted by atomic mass is 32.2. The molecule has 0 aliphatic rings. The molecule has 0 bridgehead atoms. The molecular formula is C17H21N3O2S. The zero-order valence-corrected chi connectivity index (χ0v) is 14.3. The Hall–Kier alpha value is -2.21. The van der Waals surface area contributed by atoms with Crippen LogP contribution < -0.4 is 10.3 Å². The van der Waals surface area contributed by atoms with Crippen LogP contribution in [0.4, 0.5) is 5.88 Å². The van der Waals surface area contributed by atoms with Gasteiger partial charge in [-0.1, -0.05) is 30.3 Å². The lowest BCUT2D eigenvalue weighted by Gasteiger charge is -2.09. The molecule has 1 atom stereocenters. The number of carbonyl (C=O) groups is 1. The molecule has 2 rings (SSSR count). The minimum atomic E-state index is -0.179. The van der Waals surface area contributed by atoms with Gasteiger partial charge in [0, 0.05) is 25.9 Å². The Kier molecular flexibility index (Phi) is 6.29. The Labute approximate surface area is 140 Å². The van der Waals surface area contributed by atoms with Crippen molar-refractivity contribution in [2.45, 2.75) is 17.9 Å². The second kappa shape index (κ2) is 8.43. The van der Waals surface area contributed by atoms with Crippen LogP contribution in [0.2, 0.25) is 0 Å². The van der Waals surface area contributed by atoms with Crippen LogP contribution in [0.15, 0.2) is 52.0 Å². The lowest BCUT2D eigenvalue weighted by molar-refractivity contribution is -0.120. The second-order valence-corrected chi connectivity index (χ2v) is 6.57. The highest BCUT2D eigenvalue weighted by Crippen LogP contribution is 2.17. The maximum atomic E-state index is 12.0. The van der Waals surface area contributed by atoms with E-state index >= 15 is 0 Å². The molecule has 6 heteroatoms. The Balaban J connectivity index is 1.77. The predicted octanol–water partition coefficient (Wildman–Crippen LogP) is 3.12. The normalized spacial score (nSPS) is 12.3. The number of nitrogens with zero attached hydrogens (tertiary/aromatic N) is 2. The van der Waals surface area contributed by atoms with Gasteiger partial charge < -0.3 is 9.32 Å². The zero-order chi connectivity index (χ0) is 16.7. The highest BCUT2D eigenvalue weighted by molar-refractivity contribution is 7.99. The van der Waals surface area contributed by atoms with Gasteiger partial charge in [-0.05, 0) is 18.6 Å². The fourth-order valence-corrected chi connectivity index (χ4v) is 2.61. The molecule has 0 fully saturated rings. The molecule has 1 aromatic heterocycles. The number of anilines is 1. The van der Waals surface area contributed by atoms with Crippen LogP contribution >= 0.6 is 11.8 Å². The molecule has 0 aliphatic carbocycles. The summed E-state index contributed by atoms with van der Waals surface area (Å²) in [6.45, 7) is 1.87. The van der Waals surface area contributed by atoms with E-state index in [0.29, 0.717) is 5.76 Å². The number of hydrogen-bond acceptors (Lipinski definition) is 5. The fourth-order valence-electron chi connectivity index (χ4n) is 1.77. The van der Waals surface area contributed by atoms with Gasteiger partial charge in [-0.25, -0.2) is 5.43 Å². The van der Waals surface area contributed by atoms with Crippen LogP contribution in [0.25, 0.3) is 0 Å². The number of amides is 1. The van der Waals surface area contributed by atoms with E-state index < -0.39 is 0 Å². The molecule has 23 heavy (non-hydrogen) atoms. The van der Waals surface area contributed by atoms with Crippen LogP contribution in [-0.2, 0) is 10.5 Å². The zero-order valence-electron chi connectivity index (χ0n) is 13.5. The molecule has 1 amide bonds. The number of furan rings is 1. The van der Waals surface area contributed by atoms with Crippen molar-refractivity contribution in [1.82, 2.24) is 5.43 Å². The average Bonchev–Trinajstić information content (AvgIpc) is 3.02. The van der Waals surface area contributed by atoms with E-state index in [1.54, 1.807) is 17.8 Å². The van der Waals surface area contributed by atoms with Crippen LogP contribution in [0.3, 0.4) is 0 Å². The molecule has 0 aliphatic heterocycles. The third-order valence-corrected chi connectivity index (χ3v) is 4.35. The van der Waals surface area contributed by atoms with Crippen molar-refractivity contribution in [3.63, 3.8) is 0 Å². The van der Waals surface area contributed by atoms with Gasteiger partial charge in [0.2, 0.25) is 0 Å². The van der Waals surface area contributed by atoms with Gasteiger partial charge in [0.25, 0.3) is 5.91 Å². The van der Waals surface area contributed by atoms with Gasteiger partial charge in [-0.3, -0.25) is 4.79 Å². The predicted molar refractivity (Wildman–Crippen MR) is 96.0 cm³/mol. The van der Waals surface area contributed by atoms with Gasteiger partial charge in [0.05, 0.1) is 11.5 Å². The summed E-state index contributed by atoms with van der Waals surface area (Å²) in [5.74, 6) is 2.01. The number of hydrogen-bond donors (Lipinski definition) is 1. The molecule has 0 saturated carbocycles. The molecule has 0 saturated heterocycles. The number of benzene rings is 1. The summed E-state index contributed by atoms with van der Waals surface area (Å²) in [6.07, 6.45) is 1.50. The standard InChI is InChI=1S/C17H21N3O2S/c1-13(23-12-14-7-5-4-6-8-14)17(21)19-18-11-15-9-10-16(22-15)20(2)3/h4-11,13H,12H2,1-3H3,(H,19,21)/b18-11-/t13-/m1/s1. The topological polar surface area (TPSA) is 57.8 Å². The second-order valence-electron chi connectivity index (χ2n) is 5.24. The maximum absolute atomic E-state index is 12.0. The van der Waals surface area contributed by atoms with Crippen LogP contribution in [0, 0.1) is 0 Å². The van der Waals surface area contributed by atoms with Crippen LogP contribution in [0.5, 0.6) is 0 Å². The third-order valence-electron chi connectivity index (χ3n) is 3.13. The van der Waals surface area contributed by atoms with Crippen molar-refractivity contribution in [2.75, 3.05) is 19.0 Å². The van der Waals surface area contributed by atoms with Gasteiger partial charge in [0.1, 0.15) is 5.76 Å². The molecule has 1 heterocycles. The molecule has 2 aromatic rings. The van der Waals surface area contributed by atoms with E-state index in [1.807, 2.05) is 50.2 Å². The summed E-state index contributed by atoms with van der Waals surface area (Å²) in [6, 6.07) is 13.7. The summed E-state index contributed by atoms with van der Waals surface area (Å²) >= 11 is 1.58. The fraction of sp³-hybridized carbons (Fsp3) is 0.294. The number of carbonyl (C=O) groups excluding carboxylic acids is 1. The van der Waals surface area contributed by atoms with Crippen molar-refractivity contribution in [3.05, 3.63) is 53.8 Å². The maximum Gasteiger partial charge on any atom is 0.252 e. The quantitative estimate of drug-likeness (QED) is 0.625. The van der Waals surface area contributed by atoms with Gasteiger partial charge in [0.15, 0.2) is 5.88 Å². The van der Waals surface area contributed by atoms with Crippen LogP contribution in [0.1, 0.15) is 18.2 Å². The smallest absolute Gasteiger partial charge is 0.252 e.